The summed E-state index contributed by atoms with van der Waals surface area (Å²) in [6.07, 6.45) is 2.44. The number of rotatable bonds is 4. The molecule has 0 saturated carbocycles. The number of aromatic amines is 1. The van der Waals surface area contributed by atoms with Gasteiger partial charge >= 0.3 is 0 Å². The largest absolute Gasteiger partial charge is 0.355 e. The number of halogens is 1. The van der Waals surface area contributed by atoms with Crippen LogP contribution < -0.4 is 0 Å². The van der Waals surface area contributed by atoms with Crippen LogP contribution in [0.15, 0.2) is 42.5 Å². The summed E-state index contributed by atoms with van der Waals surface area (Å²) in [5.74, 6) is 0.756. The van der Waals surface area contributed by atoms with Crippen molar-refractivity contribution in [2.24, 2.45) is 5.92 Å². The van der Waals surface area contributed by atoms with Gasteiger partial charge in [-0.3, -0.25) is 0 Å². The van der Waals surface area contributed by atoms with E-state index in [1.165, 1.54) is 40.2 Å². The number of H-pyrrole nitrogens is 1. The number of para-hydroxylation sites is 1. The first kappa shape index (κ1) is 13.7. The average Bonchev–Trinajstić information content (AvgIpc) is 2.82. The van der Waals surface area contributed by atoms with Crippen LogP contribution in [0.4, 0.5) is 0 Å². The lowest BCUT2D eigenvalue weighted by molar-refractivity contribution is 0.554. The van der Waals surface area contributed by atoms with Gasteiger partial charge in [-0.05, 0) is 42.5 Å². The van der Waals surface area contributed by atoms with Crippen molar-refractivity contribution in [2.75, 3.05) is 0 Å². The van der Waals surface area contributed by atoms with E-state index < -0.39 is 0 Å². The predicted octanol–water partition coefficient (Wildman–Crippen LogP) is 6.19. The average molecular weight is 330 g/mol. The molecule has 0 bridgehead atoms. The van der Waals surface area contributed by atoms with E-state index in [0.717, 1.165) is 5.92 Å². The van der Waals surface area contributed by atoms with Gasteiger partial charge < -0.3 is 4.98 Å². The lowest BCUT2D eigenvalue weighted by Crippen LogP contribution is -1.94. The minimum Gasteiger partial charge on any atom is -0.355 e. The van der Waals surface area contributed by atoms with Gasteiger partial charge in [-0.1, -0.05) is 54.0 Å². The molecule has 1 nitrogen and oxygen atoms in total. The third-order valence-electron chi connectivity index (χ3n) is 3.89. The summed E-state index contributed by atoms with van der Waals surface area (Å²) in [5.41, 5.74) is 3.81. The van der Waals surface area contributed by atoms with E-state index >= 15 is 0 Å². The van der Waals surface area contributed by atoms with Crippen LogP contribution >= 0.6 is 15.9 Å². The molecule has 104 valence electrons. The molecule has 0 amide bonds. The van der Waals surface area contributed by atoms with Gasteiger partial charge in [0, 0.05) is 26.6 Å². The van der Waals surface area contributed by atoms with Crippen molar-refractivity contribution in [1.82, 2.24) is 4.98 Å². The summed E-state index contributed by atoms with van der Waals surface area (Å²) in [4.78, 5) is 3.93. The monoisotopic (exact) mass is 329 g/mol. The number of alkyl halides is 1. The van der Waals surface area contributed by atoms with E-state index in [1.54, 1.807) is 0 Å². The second-order valence-corrected chi connectivity index (χ2v) is 7.02. The SMILES string of the molecule is CC(C)CCC(Br)c1ccc2[nH]c3ccccc3c2c1. The molecule has 0 saturated heterocycles. The van der Waals surface area contributed by atoms with Crippen LogP contribution in [0.2, 0.25) is 0 Å². The summed E-state index contributed by atoms with van der Waals surface area (Å²) >= 11 is 3.84. The van der Waals surface area contributed by atoms with Crippen LogP contribution in [0.3, 0.4) is 0 Å². The molecule has 0 aliphatic rings. The van der Waals surface area contributed by atoms with Crippen LogP contribution in [0, 0.1) is 5.92 Å². The highest BCUT2D eigenvalue weighted by molar-refractivity contribution is 9.09. The van der Waals surface area contributed by atoms with E-state index in [2.05, 4.69) is 77.2 Å². The van der Waals surface area contributed by atoms with Crippen molar-refractivity contribution in [3.05, 3.63) is 48.0 Å². The van der Waals surface area contributed by atoms with Crippen molar-refractivity contribution in [1.29, 1.82) is 0 Å². The highest BCUT2D eigenvalue weighted by atomic mass is 79.9. The van der Waals surface area contributed by atoms with Gasteiger partial charge in [-0.2, -0.15) is 0 Å². The molecular formula is C18H20BrN. The van der Waals surface area contributed by atoms with Gasteiger partial charge in [0.1, 0.15) is 0 Å². The smallest absolute Gasteiger partial charge is 0.0465 e. The van der Waals surface area contributed by atoms with E-state index in [-0.39, 0.29) is 0 Å². The molecule has 20 heavy (non-hydrogen) atoms. The molecular weight excluding hydrogens is 310 g/mol. The summed E-state index contributed by atoms with van der Waals surface area (Å²) < 4.78 is 0. The van der Waals surface area contributed by atoms with Crippen LogP contribution in [0.5, 0.6) is 0 Å². The fraction of sp³-hybridized carbons (Fsp3) is 0.333. The Kier molecular flexibility index (Phi) is 3.84. The summed E-state index contributed by atoms with van der Waals surface area (Å²) in [6.45, 7) is 4.56. The zero-order valence-electron chi connectivity index (χ0n) is 12.0. The Morgan fingerprint density at radius 2 is 1.70 bits per heavy atom. The first-order chi connectivity index (χ1) is 9.65. The summed E-state index contributed by atoms with van der Waals surface area (Å²) in [5, 5.41) is 2.64. The molecule has 0 radical (unpaired) electrons. The Labute approximate surface area is 128 Å². The van der Waals surface area contributed by atoms with Gasteiger partial charge in [0.2, 0.25) is 0 Å². The molecule has 0 aliphatic heterocycles. The molecule has 2 aromatic carbocycles. The maximum Gasteiger partial charge on any atom is 0.0465 e. The molecule has 0 fully saturated rings. The van der Waals surface area contributed by atoms with Crippen LogP contribution in [-0.4, -0.2) is 4.98 Å². The third-order valence-corrected chi connectivity index (χ3v) is 4.88. The second kappa shape index (κ2) is 5.61. The highest BCUT2D eigenvalue weighted by Crippen LogP contribution is 2.33. The van der Waals surface area contributed by atoms with Crippen molar-refractivity contribution in [3.8, 4) is 0 Å². The Morgan fingerprint density at radius 3 is 2.50 bits per heavy atom. The fourth-order valence-corrected chi connectivity index (χ4v) is 3.26. The minimum absolute atomic E-state index is 0.447. The van der Waals surface area contributed by atoms with Crippen LogP contribution in [0.1, 0.15) is 37.1 Å². The highest BCUT2D eigenvalue weighted by Gasteiger charge is 2.11. The summed E-state index contributed by atoms with van der Waals surface area (Å²) in [7, 11) is 0. The molecule has 1 N–H and O–H groups in total. The second-order valence-electron chi connectivity index (χ2n) is 5.91. The molecule has 3 rings (SSSR count). The number of nitrogens with one attached hydrogen (secondary N) is 1. The number of benzene rings is 2. The van der Waals surface area contributed by atoms with Crippen molar-refractivity contribution < 1.29 is 0 Å². The van der Waals surface area contributed by atoms with Crippen molar-refractivity contribution in [3.63, 3.8) is 0 Å². The first-order valence-electron chi connectivity index (χ1n) is 7.29. The topological polar surface area (TPSA) is 15.8 Å². The Balaban J connectivity index is 1.99. The van der Waals surface area contributed by atoms with Crippen LogP contribution in [-0.2, 0) is 0 Å². The molecule has 1 heterocycles. The zero-order chi connectivity index (χ0) is 14.1. The van der Waals surface area contributed by atoms with E-state index in [0.29, 0.717) is 4.83 Å². The first-order valence-corrected chi connectivity index (χ1v) is 8.21. The molecule has 2 heteroatoms. The minimum atomic E-state index is 0.447. The number of aromatic nitrogens is 1. The molecule has 1 aromatic heterocycles. The molecule has 0 spiro atoms. The summed E-state index contributed by atoms with van der Waals surface area (Å²) in [6, 6.07) is 15.3. The normalized spacial score (nSPS) is 13.4. The molecule has 3 aromatic rings. The molecule has 0 aliphatic carbocycles. The maximum absolute atomic E-state index is 3.84. The van der Waals surface area contributed by atoms with Gasteiger partial charge in [0.25, 0.3) is 0 Å². The van der Waals surface area contributed by atoms with Crippen molar-refractivity contribution >= 4 is 37.7 Å². The van der Waals surface area contributed by atoms with Gasteiger partial charge in [0.15, 0.2) is 0 Å². The van der Waals surface area contributed by atoms with Gasteiger partial charge in [0.05, 0.1) is 0 Å². The third kappa shape index (κ3) is 2.62. The van der Waals surface area contributed by atoms with E-state index in [1.807, 2.05) is 0 Å². The number of fused-ring (bicyclic) bond motifs is 3. The molecule has 1 unspecified atom stereocenters. The van der Waals surface area contributed by atoms with Gasteiger partial charge in [-0.25, -0.2) is 0 Å². The predicted molar refractivity (Wildman–Crippen MR) is 91.5 cm³/mol. The lowest BCUT2D eigenvalue weighted by Gasteiger charge is -2.12. The quantitative estimate of drug-likeness (QED) is 0.549. The number of hydrogen-bond acceptors (Lipinski definition) is 0. The zero-order valence-corrected chi connectivity index (χ0v) is 13.6. The fourth-order valence-electron chi connectivity index (χ4n) is 2.71. The van der Waals surface area contributed by atoms with E-state index in [4.69, 9.17) is 0 Å². The van der Waals surface area contributed by atoms with Crippen LogP contribution in [0.25, 0.3) is 21.8 Å². The Bertz CT molecular complexity index is 726. The Morgan fingerprint density at radius 1 is 0.950 bits per heavy atom. The Hall–Kier alpha value is -1.28. The molecule has 1 atom stereocenters. The number of hydrogen-bond donors (Lipinski definition) is 1. The lowest BCUT2D eigenvalue weighted by atomic mass is 10.0. The van der Waals surface area contributed by atoms with Crippen molar-refractivity contribution in [2.45, 2.75) is 31.5 Å². The maximum atomic E-state index is 3.84. The van der Waals surface area contributed by atoms with Gasteiger partial charge in [-0.15, -0.1) is 0 Å². The van der Waals surface area contributed by atoms with E-state index in [9.17, 15) is 0 Å². The standard InChI is InChI=1S/C18H20BrN/c1-12(2)7-9-16(19)13-8-10-18-15(11-13)14-5-3-4-6-17(14)20-18/h3-6,8,10-12,16,20H,7,9H2,1-2H3.